The van der Waals surface area contributed by atoms with Crippen LogP contribution in [0.4, 0.5) is 9.59 Å². The van der Waals surface area contributed by atoms with Crippen LogP contribution in [0.3, 0.4) is 0 Å². The molecule has 1 atom stereocenters. The maximum absolute atomic E-state index is 13.5. The van der Waals surface area contributed by atoms with Crippen molar-refractivity contribution >= 4 is 43.5 Å². The number of hydroxylamine groups is 2. The van der Waals surface area contributed by atoms with Crippen LogP contribution in [-0.2, 0) is 43.1 Å². The summed E-state index contributed by atoms with van der Waals surface area (Å²) in [6.45, 7) is -0.266. The van der Waals surface area contributed by atoms with Crippen LogP contribution < -0.4 is 0 Å². The van der Waals surface area contributed by atoms with E-state index in [0.717, 1.165) is 10.1 Å². The molecule has 1 amide bonds. The Balaban J connectivity index is 1.38. The molecule has 3 aromatic carbocycles. The van der Waals surface area contributed by atoms with Gasteiger partial charge in [0.1, 0.15) is 25.0 Å². The fourth-order valence-electron chi connectivity index (χ4n) is 4.24. The van der Waals surface area contributed by atoms with Crippen LogP contribution in [0.15, 0.2) is 113 Å². The molecular formula is C31H27NO8S2. The molecule has 0 fully saturated rings. The van der Waals surface area contributed by atoms with Gasteiger partial charge in [-0.3, -0.25) is 4.84 Å². The molecule has 42 heavy (non-hydrogen) atoms. The van der Waals surface area contributed by atoms with E-state index in [9.17, 15) is 18.0 Å². The highest BCUT2D eigenvalue weighted by Crippen LogP contribution is 2.28. The number of amides is 1. The van der Waals surface area contributed by atoms with Crippen LogP contribution in [0, 0.1) is 0 Å². The number of benzene rings is 3. The second-order valence-corrected chi connectivity index (χ2v) is 12.4. The van der Waals surface area contributed by atoms with Gasteiger partial charge < -0.3 is 13.9 Å². The summed E-state index contributed by atoms with van der Waals surface area (Å²) in [7, 11) is -3.89. The normalized spacial score (nSPS) is 12.0. The van der Waals surface area contributed by atoms with Gasteiger partial charge in [-0.2, -0.15) is 0 Å². The molecule has 0 aliphatic carbocycles. The lowest BCUT2D eigenvalue weighted by atomic mass is 10.2. The van der Waals surface area contributed by atoms with E-state index in [2.05, 4.69) is 0 Å². The summed E-state index contributed by atoms with van der Waals surface area (Å²) < 4.78 is 44.2. The van der Waals surface area contributed by atoms with Crippen LogP contribution in [0.1, 0.15) is 28.5 Å². The largest absolute Gasteiger partial charge is 0.533 e. The summed E-state index contributed by atoms with van der Waals surface area (Å²) in [5.74, 6) is -0.838. The van der Waals surface area contributed by atoms with Crippen molar-refractivity contribution in [3.05, 3.63) is 131 Å². The number of ether oxygens (including phenoxy) is 2. The number of thiophene rings is 1. The first kappa shape index (κ1) is 28.9. The van der Waals surface area contributed by atoms with E-state index < -0.39 is 33.9 Å². The smallest absolute Gasteiger partial charge is 0.467 e. The molecule has 0 saturated heterocycles. The summed E-state index contributed by atoms with van der Waals surface area (Å²) in [6, 6.07) is 26.8. The van der Waals surface area contributed by atoms with E-state index in [1.54, 1.807) is 72.0 Å². The maximum atomic E-state index is 13.5. The quantitative estimate of drug-likeness (QED) is 0.123. The highest BCUT2D eigenvalue weighted by molar-refractivity contribution is 7.90. The molecule has 0 saturated carbocycles. The zero-order chi connectivity index (χ0) is 29.4. The molecule has 11 heteroatoms. The van der Waals surface area contributed by atoms with E-state index >= 15 is 0 Å². The Bertz CT molecular complexity index is 1720. The van der Waals surface area contributed by atoms with Gasteiger partial charge in [0.25, 0.3) is 0 Å². The fourth-order valence-corrected chi connectivity index (χ4v) is 6.60. The van der Waals surface area contributed by atoms with E-state index in [1.165, 1.54) is 12.3 Å². The highest BCUT2D eigenvalue weighted by atomic mass is 32.2. The Morgan fingerprint density at radius 1 is 0.810 bits per heavy atom. The third-order valence-corrected chi connectivity index (χ3v) is 8.72. The Hall–Kier alpha value is -4.61. The van der Waals surface area contributed by atoms with Gasteiger partial charge in [-0.15, -0.1) is 16.4 Å². The van der Waals surface area contributed by atoms with Gasteiger partial charge in [-0.05, 0) is 57.8 Å². The highest BCUT2D eigenvalue weighted by Gasteiger charge is 2.37. The molecular weight excluding hydrogens is 578 g/mol. The van der Waals surface area contributed by atoms with Gasteiger partial charge in [0.05, 0.1) is 17.8 Å². The summed E-state index contributed by atoms with van der Waals surface area (Å²) >= 11 is 1.56. The van der Waals surface area contributed by atoms with E-state index in [1.807, 2.05) is 35.7 Å². The lowest BCUT2D eigenvalue weighted by Crippen LogP contribution is -2.40. The summed E-state index contributed by atoms with van der Waals surface area (Å²) in [6.07, 6.45) is -0.972. The molecule has 1 unspecified atom stereocenters. The standard InChI is InChI=1S/C31H27NO8S2/c33-30(38-19-23-8-3-1-4-9-23)32(40-31(34)39-20-24-10-5-2-6-11-24)27(28-12-7-16-37-28)22-42(35,36)21-25-13-14-29-26(18-25)15-17-41-29/h1-18,27H,19-22H2. The Morgan fingerprint density at radius 3 is 2.17 bits per heavy atom. The fraction of sp³-hybridized carbons (Fsp3) is 0.161. The Kier molecular flexibility index (Phi) is 9.20. The van der Waals surface area contributed by atoms with Crippen LogP contribution in [0.25, 0.3) is 10.1 Å². The molecule has 0 spiro atoms. The van der Waals surface area contributed by atoms with Gasteiger partial charge >= 0.3 is 12.2 Å². The van der Waals surface area contributed by atoms with Crippen molar-refractivity contribution in [2.75, 3.05) is 5.75 Å². The Morgan fingerprint density at radius 2 is 1.50 bits per heavy atom. The molecule has 9 nitrogen and oxygen atoms in total. The minimum atomic E-state index is -3.89. The molecule has 0 N–H and O–H groups in total. The molecule has 5 rings (SSSR count). The van der Waals surface area contributed by atoms with E-state index in [4.69, 9.17) is 18.7 Å². The molecule has 216 valence electrons. The molecule has 2 heterocycles. The Labute approximate surface area is 246 Å². The lowest BCUT2D eigenvalue weighted by Gasteiger charge is -2.27. The number of carbonyl (C=O) groups is 2. The van der Waals surface area contributed by atoms with Crippen molar-refractivity contribution in [2.45, 2.75) is 25.0 Å². The molecule has 0 radical (unpaired) electrons. The summed E-state index contributed by atoms with van der Waals surface area (Å²) in [5, 5.41) is 3.43. The number of furan rings is 1. The number of fused-ring (bicyclic) bond motifs is 1. The first-order valence-electron chi connectivity index (χ1n) is 12.9. The second-order valence-electron chi connectivity index (χ2n) is 9.36. The van der Waals surface area contributed by atoms with E-state index in [-0.39, 0.29) is 24.7 Å². The average Bonchev–Trinajstić information content (AvgIpc) is 3.70. The van der Waals surface area contributed by atoms with Crippen molar-refractivity contribution in [2.24, 2.45) is 0 Å². The number of sulfone groups is 1. The second kappa shape index (κ2) is 13.4. The molecule has 0 bridgehead atoms. The van der Waals surface area contributed by atoms with Gasteiger partial charge in [0, 0.05) is 4.70 Å². The summed E-state index contributed by atoms with van der Waals surface area (Å²) in [5.41, 5.74) is 1.96. The minimum absolute atomic E-state index is 0.0828. The topological polar surface area (TPSA) is 112 Å². The number of hydrogen-bond acceptors (Lipinski definition) is 9. The van der Waals surface area contributed by atoms with Gasteiger partial charge in [-0.1, -0.05) is 66.7 Å². The zero-order valence-electron chi connectivity index (χ0n) is 22.3. The zero-order valence-corrected chi connectivity index (χ0v) is 24.0. The van der Waals surface area contributed by atoms with Crippen molar-refractivity contribution in [3.8, 4) is 0 Å². The number of carbonyl (C=O) groups excluding carboxylic acids is 2. The minimum Gasteiger partial charge on any atom is -0.467 e. The van der Waals surface area contributed by atoms with Crippen molar-refractivity contribution in [3.63, 3.8) is 0 Å². The molecule has 2 aromatic heterocycles. The van der Waals surface area contributed by atoms with Crippen LogP contribution in [-0.4, -0.2) is 31.5 Å². The molecule has 0 aliphatic rings. The van der Waals surface area contributed by atoms with Crippen LogP contribution in [0.2, 0.25) is 0 Å². The number of hydrogen-bond donors (Lipinski definition) is 0. The SMILES string of the molecule is O=C(OCc1ccccc1)ON(C(=O)OCc1ccccc1)C(CS(=O)(=O)Cc1ccc2sccc2c1)c1ccco1. The average molecular weight is 606 g/mol. The van der Waals surface area contributed by atoms with Crippen LogP contribution in [0.5, 0.6) is 0 Å². The molecule has 0 aliphatic heterocycles. The maximum Gasteiger partial charge on any atom is 0.533 e. The van der Waals surface area contributed by atoms with Crippen LogP contribution >= 0.6 is 11.3 Å². The summed E-state index contributed by atoms with van der Waals surface area (Å²) in [4.78, 5) is 31.4. The molecule has 5 aromatic rings. The number of nitrogens with zero attached hydrogens (tertiary/aromatic N) is 1. The predicted molar refractivity (Wildman–Crippen MR) is 157 cm³/mol. The third-order valence-electron chi connectivity index (χ3n) is 6.23. The van der Waals surface area contributed by atoms with E-state index in [0.29, 0.717) is 21.8 Å². The van der Waals surface area contributed by atoms with Crippen molar-refractivity contribution < 1.29 is 36.7 Å². The third kappa shape index (κ3) is 7.77. The van der Waals surface area contributed by atoms with Gasteiger partial charge in [0.15, 0.2) is 9.84 Å². The first-order chi connectivity index (χ1) is 20.4. The monoisotopic (exact) mass is 605 g/mol. The first-order valence-corrected chi connectivity index (χ1v) is 15.6. The van der Waals surface area contributed by atoms with Crippen molar-refractivity contribution in [1.29, 1.82) is 0 Å². The number of rotatable bonds is 10. The predicted octanol–water partition coefficient (Wildman–Crippen LogP) is 7.06. The van der Waals surface area contributed by atoms with Gasteiger partial charge in [0.2, 0.25) is 0 Å². The lowest BCUT2D eigenvalue weighted by molar-refractivity contribution is -0.137. The van der Waals surface area contributed by atoms with Crippen molar-refractivity contribution in [1.82, 2.24) is 5.06 Å². The van der Waals surface area contributed by atoms with Gasteiger partial charge in [-0.25, -0.2) is 18.0 Å².